The molecule has 7 nitrogen and oxygen atoms in total. The van der Waals surface area contributed by atoms with Crippen LogP contribution in [0.1, 0.15) is 35.7 Å². The predicted octanol–water partition coefficient (Wildman–Crippen LogP) is 3.49. The summed E-state index contributed by atoms with van der Waals surface area (Å²) in [5.41, 5.74) is 2.76. The molecule has 0 atom stereocenters. The highest BCUT2D eigenvalue weighted by molar-refractivity contribution is 6.35. The molecule has 4 rings (SSSR count). The smallest absolute Gasteiger partial charge is 0.325 e. The van der Waals surface area contributed by atoms with Crippen molar-refractivity contribution in [3.63, 3.8) is 0 Å². The van der Waals surface area contributed by atoms with Crippen molar-refractivity contribution in [2.75, 3.05) is 42.6 Å². The van der Waals surface area contributed by atoms with E-state index in [1.54, 1.807) is 19.1 Å². The fourth-order valence-electron chi connectivity index (χ4n) is 4.20. The SMILES string of the molecule is CCOC(=O)CN1Cc2ccccc2N(C(=O)c2ccc(N3CCCC3)cc2Cl)CC1=O. The van der Waals surface area contributed by atoms with Gasteiger partial charge in [-0.2, -0.15) is 0 Å². The van der Waals surface area contributed by atoms with E-state index in [1.165, 1.54) is 9.80 Å². The van der Waals surface area contributed by atoms with Gasteiger partial charge in [-0.15, -0.1) is 0 Å². The van der Waals surface area contributed by atoms with E-state index < -0.39 is 5.97 Å². The first-order valence-electron chi connectivity index (χ1n) is 10.9. The first-order chi connectivity index (χ1) is 15.5. The third kappa shape index (κ3) is 4.58. The van der Waals surface area contributed by atoms with Gasteiger partial charge in [-0.1, -0.05) is 29.8 Å². The molecule has 1 fully saturated rings. The summed E-state index contributed by atoms with van der Waals surface area (Å²) in [6.07, 6.45) is 2.29. The van der Waals surface area contributed by atoms with Crippen molar-refractivity contribution in [1.29, 1.82) is 0 Å². The summed E-state index contributed by atoms with van der Waals surface area (Å²) in [5.74, 6) is -1.15. The van der Waals surface area contributed by atoms with Crippen LogP contribution in [0, 0.1) is 0 Å². The van der Waals surface area contributed by atoms with Crippen molar-refractivity contribution in [3.05, 3.63) is 58.6 Å². The van der Waals surface area contributed by atoms with Crippen LogP contribution in [0.5, 0.6) is 0 Å². The van der Waals surface area contributed by atoms with Crippen LogP contribution in [0.25, 0.3) is 0 Å². The van der Waals surface area contributed by atoms with Gasteiger partial charge in [0.15, 0.2) is 0 Å². The Morgan fingerprint density at radius 1 is 1.06 bits per heavy atom. The fourth-order valence-corrected chi connectivity index (χ4v) is 4.46. The van der Waals surface area contributed by atoms with Crippen molar-refractivity contribution in [2.45, 2.75) is 26.3 Å². The molecule has 2 aromatic rings. The maximum absolute atomic E-state index is 13.5. The molecule has 0 spiro atoms. The lowest BCUT2D eigenvalue weighted by Crippen LogP contribution is -2.42. The molecule has 0 unspecified atom stereocenters. The molecule has 2 aliphatic heterocycles. The van der Waals surface area contributed by atoms with Gasteiger partial charge in [0.25, 0.3) is 5.91 Å². The molecule has 0 N–H and O–H groups in total. The van der Waals surface area contributed by atoms with E-state index in [1.807, 2.05) is 30.3 Å². The quantitative estimate of drug-likeness (QED) is 0.645. The molecule has 0 bridgehead atoms. The molecule has 0 radical (unpaired) electrons. The Balaban J connectivity index is 1.62. The average Bonchev–Trinajstić information content (AvgIpc) is 3.28. The van der Waals surface area contributed by atoms with Crippen molar-refractivity contribution in [2.24, 2.45) is 0 Å². The molecule has 168 valence electrons. The van der Waals surface area contributed by atoms with Crippen LogP contribution < -0.4 is 9.80 Å². The molecule has 0 aliphatic carbocycles. The zero-order valence-electron chi connectivity index (χ0n) is 18.1. The minimum Gasteiger partial charge on any atom is -0.465 e. The van der Waals surface area contributed by atoms with Crippen molar-refractivity contribution in [1.82, 2.24) is 4.90 Å². The Morgan fingerprint density at radius 3 is 2.53 bits per heavy atom. The minimum atomic E-state index is -0.473. The third-order valence-corrected chi connectivity index (χ3v) is 6.13. The van der Waals surface area contributed by atoms with Gasteiger partial charge in [-0.3, -0.25) is 19.3 Å². The number of para-hydroxylation sites is 1. The Bertz CT molecular complexity index is 1040. The topological polar surface area (TPSA) is 70.2 Å². The van der Waals surface area contributed by atoms with Gasteiger partial charge in [0.05, 0.1) is 17.2 Å². The number of anilines is 2. The number of nitrogens with zero attached hydrogens (tertiary/aromatic N) is 3. The zero-order valence-corrected chi connectivity index (χ0v) is 18.8. The van der Waals surface area contributed by atoms with Crippen LogP contribution in [0.4, 0.5) is 11.4 Å². The summed E-state index contributed by atoms with van der Waals surface area (Å²) in [6, 6.07) is 12.8. The summed E-state index contributed by atoms with van der Waals surface area (Å²) in [4.78, 5) is 43.6. The maximum Gasteiger partial charge on any atom is 0.325 e. The van der Waals surface area contributed by atoms with Crippen molar-refractivity contribution >= 4 is 40.8 Å². The average molecular weight is 456 g/mol. The highest BCUT2D eigenvalue weighted by Gasteiger charge is 2.31. The van der Waals surface area contributed by atoms with Gasteiger partial charge < -0.3 is 14.5 Å². The Hall–Kier alpha value is -3.06. The number of benzene rings is 2. The Labute approximate surface area is 192 Å². The Morgan fingerprint density at radius 2 is 1.81 bits per heavy atom. The predicted molar refractivity (Wildman–Crippen MR) is 123 cm³/mol. The van der Waals surface area contributed by atoms with E-state index in [4.69, 9.17) is 16.3 Å². The highest BCUT2D eigenvalue weighted by Crippen LogP contribution is 2.31. The lowest BCUT2D eigenvalue weighted by atomic mass is 10.1. The molecule has 1 saturated heterocycles. The van der Waals surface area contributed by atoms with Gasteiger partial charge >= 0.3 is 5.97 Å². The van der Waals surface area contributed by atoms with E-state index in [-0.39, 0.29) is 38.1 Å². The number of carbonyl (C=O) groups is 3. The molecule has 32 heavy (non-hydrogen) atoms. The first kappa shape index (κ1) is 22.1. The van der Waals surface area contributed by atoms with Gasteiger partial charge in [-0.25, -0.2) is 0 Å². The molecule has 0 aromatic heterocycles. The summed E-state index contributed by atoms with van der Waals surface area (Å²) < 4.78 is 5.00. The minimum absolute atomic E-state index is 0.158. The summed E-state index contributed by atoms with van der Waals surface area (Å²) in [7, 11) is 0. The molecule has 0 saturated carbocycles. The van der Waals surface area contributed by atoms with Crippen molar-refractivity contribution in [3.8, 4) is 0 Å². The van der Waals surface area contributed by atoms with Gasteiger partial charge in [0, 0.05) is 31.0 Å². The second-order valence-corrected chi connectivity index (χ2v) is 8.34. The number of esters is 1. The summed E-state index contributed by atoms with van der Waals surface area (Å²) in [6.45, 7) is 3.80. The van der Waals surface area contributed by atoms with E-state index in [9.17, 15) is 14.4 Å². The molecular weight excluding hydrogens is 430 g/mol. The largest absolute Gasteiger partial charge is 0.465 e. The van der Waals surface area contributed by atoms with Crippen LogP contribution in [0.3, 0.4) is 0 Å². The summed E-state index contributed by atoms with van der Waals surface area (Å²) in [5, 5.41) is 0.358. The number of hydrogen-bond donors (Lipinski definition) is 0. The number of hydrogen-bond acceptors (Lipinski definition) is 5. The zero-order chi connectivity index (χ0) is 22.7. The van der Waals surface area contributed by atoms with Gasteiger partial charge in [-0.05, 0) is 49.6 Å². The van der Waals surface area contributed by atoms with Gasteiger partial charge in [0.1, 0.15) is 13.1 Å². The number of amides is 2. The van der Waals surface area contributed by atoms with Gasteiger partial charge in [0.2, 0.25) is 5.91 Å². The standard InChI is InChI=1S/C24H26ClN3O4/c1-2-32-23(30)16-27-14-17-7-3-4-8-21(17)28(15-22(27)29)24(31)19-10-9-18(13-20(19)25)26-11-5-6-12-26/h3-4,7-10,13H,2,5-6,11-12,14-16H2,1H3. The van der Waals surface area contributed by atoms with Crippen LogP contribution in [0.2, 0.25) is 5.02 Å². The lowest BCUT2D eigenvalue weighted by Gasteiger charge is -2.24. The molecule has 2 aliphatic rings. The molecule has 8 heteroatoms. The highest BCUT2D eigenvalue weighted by atomic mass is 35.5. The lowest BCUT2D eigenvalue weighted by molar-refractivity contribution is -0.148. The normalized spacial score (nSPS) is 16.1. The molecule has 2 heterocycles. The number of carbonyl (C=O) groups excluding carboxylic acids is 3. The van der Waals surface area contributed by atoms with E-state index in [0.29, 0.717) is 16.3 Å². The molecule has 2 aromatic carbocycles. The number of halogens is 1. The van der Waals surface area contributed by atoms with Crippen LogP contribution >= 0.6 is 11.6 Å². The third-order valence-electron chi connectivity index (χ3n) is 5.81. The molecular formula is C24H26ClN3O4. The number of rotatable bonds is 5. The molecule has 2 amide bonds. The van der Waals surface area contributed by atoms with E-state index >= 15 is 0 Å². The monoisotopic (exact) mass is 455 g/mol. The fraction of sp³-hybridized carbons (Fsp3) is 0.375. The van der Waals surface area contributed by atoms with Crippen molar-refractivity contribution < 1.29 is 19.1 Å². The number of ether oxygens (including phenoxy) is 1. The number of fused-ring (bicyclic) bond motifs is 1. The van der Waals surface area contributed by atoms with E-state index in [2.05, 4.69) is 4.90 Å². The summed E-state index contributed by atoms with van der Waals surface area (Å²) >= 11 is 6.53. The van der Waals surface area contributed by atoms with Crippen LogP contribution in [0.15, 0.2) is 42.5 Å². The Kier molecular flexibility index (Phi) is 6.65. The second-order valence-electron chi connectivity index (χ2n) is 7.93. The van der Waals surface area contributed by atoms with Crippen LogP contribution in [-0.2, 0) is 20.9 Å². The van der Waals surface area contributed by atoms with Crippen LogP contribution in [-0.4, -0.2) is 55.5 Å². The van der Waals surface area contributed by atoms with E-state index in [0.717, 1.165) is 37.2 Å². The first-order valence-corrected chi connectivity index (χ1v) is 11.2. The maximum atomic E-state index is 13.5. The second kappa shape index (κ2) is 9.61.